The van der Waals surface area contributed by atoms with Crippen molar-refractivity contribution in [3.8, 4) is 0 Å². The van der Waals surface area contributed by atoms with Crippen molar-refractivity contribution in [2.75, 3.05) is 6.54 Å². The van der Waals surface area contributed by atoms with Gasteiger partial charge in [-0.25, -0.2) is 0 Å². The van der Waals surface area contributed by atoms with E-state index < -0.39 is 0 Å². The summed E-state index contributed by atoms with van der Waals surface area (Å²) in [4.78, 5) is 0. The predicted molar refractivity (Wildman–Crippen MR) is 83.4 cm³/mol. The highest BCUT2D eigenvalue weighted by molar-refractivity contribution is 5.30. The van der Waals surface area contributed by atoms with Gasteiger partial charge < -0.3 is 5.73 Å². The largest absolute Gasteiger partial charge is 0.330 e. The quantitative estimate of drug-likeness (QED) is 0.833. The van der Waals surface area contributed by atoms with E-state index >= 15 is 0 Å². The zero-order valence-electron chi connectivity index (χ0n) is 12.9. The van der Waals surface area contributed by atoms with Crippen molar-refractivity contribution < 1.29 is 0 Å². The summed E-state index contributed by atoms with van der Waals surface area (Å²) in [5.74, 6) is 2.19. The lowest BCUT2D eigenvalue weighted by molar-refractivity contribution is 0.253. The van der Waals surface area contributed by atoms with Crippen LogP contribution in [0.5, 0.6) is 0 Å². The predicted octanol–water partition coefficient (Wildman–Crippen LogP) is 4.46. The second-order valence-corrected chi connectivity index (χ2v) is 7.39. The van der Waals surface area contributed by atoms with E-state index in [1.54, 1.807) is 0 Å². The highest BCUT2D eigenvalue weighted by Crippen LogP contribution is 2.40. The monoisotopic (exact) mass is 259 g/mol. The Kier molecular flexibility index (Phi) is 4.35. The molecular formula is C18H29N. The SMILES string of the molecule is CC1CCC(CN)C(c2ccc(C(C)(C)C)cc2)C1. The first-order chi connectivity index (χ1) is 8.91. The molecule has 0 spiro atoms. The first kappa shape index (κ1) is 14.6. The molecule has 0 radical (unpaired) electrons. The fourth-order valence-corrected chi connectivity index (χ4v) is 3.36. The van der Waals surface area contributed by atoms with Crippen LogP contribution in [0.4, 0.5) is 0 Å². The molecule has 1 heteroatoms. The van der Waals surface area contributed by atoms with Crippen molar-refractivity contribution in [3.05, 3.63) is 35.4 Å². The van der Waals surface area contributed by atoms with E-state index in [4.69, 9.17) is 5.73 Å². The van der Waals surface area contributed by atoms with Crippen LogP contribution in [0.3, 0.4) is 0 Å². The van der Waals surface area contributed by atoms with Crippen LogP contribution in [0.15, 0.2) is 24.3 Å². The average molecular weight is 259 g/mol. The smallest absolute Gasteiger partial charge is 0.00430 e. The van der Waals surface area contributed by atoms with Crippen LogP contribution in [-0.2, 0) is 5.41 Å². The van der Waals surface area contributed by atoms with Gasteiger partial charge in [0.25, 0.3) is 0 Å². The summed E-state index contributed by atoms with van der Waals surface area (Å²) in [6, 6.07) is 9.29. The summed E-state index contributed by atoms with van der Waals surface area (Å²) in [5, 5.41) is 0. The molecule has 1 aliphatic rings. The normalized spacial score (nSPS) is 28.4. The molecule has 0 amide bonds. The molecule has 3 unspecified atom stereocenters. The van der Waals surface area contributed by atoms with E-state index in [0.29, 0.717) is 11.8 Å². The number of rotatable bonds is 2. The minimum Gasteiger partial charge on any atom is -0.330 e. The molecule has 0 bridgehead atoms. The van der Waals surface area contributed by atoms with Gasteiger partial charge in [0.15, 0.2) is 0 Å². The molecule has 0 aliphatic heterocycles. The Morgan fingerprint density at radius 3 is 2.26 bits per heavy atom. The molecule has 19 heavy (non-hydrogen) atoms. The number of benzene rings is 1. The van der Waals surface area contributed by atoms with Gasteiger partial charge in [-0.05, 0) is 53.7 Å². The van der Waals surface area contributed by atoms with E-state index in [9.17, 15) is 0 Å². The van der Waals surface area contributed by atoms with Crippen molar-refractivity contribution in [2.45, 2.75) is 58.3 Å². The number of nitrogens with two attached hydrogens (primary N) is 1. The van der Waals surface area contributed by atoms with E-state index in [1.165, 1.54) is 30.4 Å². The van der Waals surface area contributed by atoms with Crippen LogP contribution in [-0.4, -0.2) is 6.54 Å². The Hall–Kier alpha value is -0.820. The molecule has 0 heterocycles. The molecule has 1 nitrogen and oxygen atoms in total. The van der Waals surface area contributed by atoms with Gasteiger partial charge in [-0.1, -0.05) is 58.4 Å². The van der Waals surface area contributed by atoms with Gasteiger partial charge in [-0.3, -0.25) is 0 Å². The van der Waals surface area contributed by atoms with Crippen LogP contribution >= 0.6 is 0 Å². The molecule has 2 N–H and O–H groups in total. The van der Waals surface area contributed by atoms with Gasteiger partial charge in [0.1, 0.15) is 0 Å². The van der Waals surface area contributed by atoms with E-state index in [0.717, 1.165) is 12.5 Å². The maximum absolute atomic E-state index is 5.98. The summed E-state index contributed by atoms with van der Waals surface area (Å²) in [6.07, 6.45) is 3.94. The van der Waals surface area contributed by atoms with Crippen LogP contribution in [0.1, 0.15) is 64.0 Å². The lowest BCUT2D eigenvalue weighted by atomic mass is 9.71. The standard InChI is InChI=1S/C18H29N/c1-13-5-6-15(12-19)17(11-13)14-7-9-16(10-8-14)18(2,3)4/h7-10,13,15,17H,5-6,11-12,19H2,1-4H3. The minimum atomic E-state index is 0.242. The third kappa shape index (κ3) is 3.39. The molecule has 106 valence electrons. The summed E-state index contributed by atoms with van der Waals surface area (Å²) < 4.78 is 0. The van der Waals surface area contributed by atoms with Gasteiger partial charge >= 0.3 is 0 Å². The molecule has 1 aromatic carbocycles. The van der Waals surface area contributed by atoms with Crippen molar-refractivity contribution in [3.63, 3.8) is 0 Å². The Labute approximate surface area is 118 Å². The highest BCUT2D eigenvalue weighted by Gasteiger charge is 2.29. The molecule has 0 aromatic heterocycles. The molecule has 1 fully saturated rings. The molecule has 3 atom stereocenters. The van der Waals surface area contributed by atoms with Gasteiger partial charge in [0.05, 0.1) is 0 Å². The third-order valence-electron chi connectivity index (χ3n) is 4.76. The molecule has 0 saturated heterocycles. The molecule has 1 saturated carbocycles. The Morgan fingerprint density at radius 2 is 1.74 bits per heavy atom. The summed E-state index contributed by atoms with van der Waals surface area (Å²) in [7, 11) is 0. The Bertz CT molecular complexity index is 399. The first-order valence-electron chi connectivity index (χ1n) is 7.72. The topological polar surface area (TPSA) is 26.0 Å². The summed E-state index contributed by atoms with van der Waals surface area (Å²) in [5.41, 5.74) is 9.13. The van der Waals surface area contributed by atoms with Crippen molar-refractivity contribution in [1.82, 2.24) is 0 Å². The van der Waals surface area contributed by atoms with E-state index in [1.807, 2.05) is 0 Å². The molecule has 2 rings (SSSR count). The van der Waals surface area contributed by atoms with Crippen molar-refractivity contribution in [1.29, 1.82) is 0 Å². The Morgan fingerprint density at radius 1 is 1.11 bits per heavy atom. The molecular weight excluding hydrogens is 230 g/mol. The minimum absolute atomic E-state index is 0.242. The van der Waals surface area contributed by atoms with Crippen molar-refractivity contribution >= 4 is 0 Å². The molecule has 1 aromatic rings. The first-order valence-corrected chi connectivity index (χ1v) is 7.72. The second-order valence-electron chi connectivity index (χ2n) is 7.39. The third-order valence-corrected chi connectivity index (χ3v) is 4.76. The average Bonchev–Trinajstić information content (AvgIpc) is 2.38. The zero-order valence-corrected chi connectivity index (χ0v) is 12.9. The maximum atomic E-state index is 5.98. The Balaban J connectivity index is 2.20. The lowest BCUT2D eigenvalue weighted by Gasteiger charge is -2.35. The van der Waals surface area contributed by atoms with Gasteiger partial charge in [0, 0.05) is 0 Å². The number of hydrogen-bond donors (Lipinski definition) is 1. The van der Waals surface area contributed by atoms with E-state index in [-0.39, 0.29) is 5.41 Å². The molecule has 1 aliphatic carbocycles. The van der Waals surface area contributed by atoms with Crippen LogP contribution in [0.2, 0.25) is 0 Å². The fraction of sp³-hybridized carbons (Fsp3) is 0.667. The van der Waals surface area contributed by atoms with Crippen molar-refractivity contribution in [2.24, 2.45) is 17.6 Å². The fourth-order valence-electron chi connectivity index (χ4n) is 3.36. The van der Waals surface area contributed by atoms with Crippen LogP contribution in [0.25, 0.3) is 0 Å². The van der Waals surface area contributed by atoms with E-state index in [2.05, 4.69) is 52.0 Å². The summed E-state index contributed by atoms with van der Waals surface area (Å²) in [6.45, 7) is 10.0. The zero-order chi connectivity index (χ0) is 14.0. The lowest BCUT2D eigenvalue weighted by Crippen LogP contribution is -2.28. The van der Waals surface area contributed by atoms with Crippen LogP contribution < -0.4 is 5.73 Å². The maximum Gasteiger partial charge on any atom is -0.00430 e. The van der Waals surface area contributed by atoms with Gasteiger partial charge in [-0.15, -0.1) is 0 Å². The summed E-state index contributed by atoms with van der Waals surface area (Å²) >= 11 is 0. The highest BCUT2D eigenvalue weighted by atomic mass is 14.6. The number of hydrogen-bond acceptors (Lipinski definition) is 1. The van der Waals surface area contributed by atoms with Crippen LogP contribution in [0, 0.1) is 11.8 Å². The second kappa shape index (κ2) is 5.66. The van der Waals surface area contributed by atoms with Gasteiger partial charge in [-0.2, -0.15) is 0 Å². The van der Waals surface area contributed by atoms with Gasteiger partial charge in [0.2, 0.25) is 0 Å².